The van der Waals surface area contributed by atoms with Crippen LogP contribution in [0.3, 0.4) is 0 Å². The van der Waals surface area contributed by atoms with E-state index in [0.717, 1.165) is 26.0 Å². The van der Waals surface area contributed by atoms with E-state index < -0.39 is 0 Å². The van der Waals surface area contributed by atoms with E-state index in [1.54, 1.807) is 0 Å². The molecule has 2 unspecified atom stereocenters. The maximum absolute atomic E-state index is 6.13. The Morgan fingerprint density at radius 3 is 2.68 bits per heavy atom. The molecule has 1 aliphatic heterocycles. The zero-order valence-corrected chi connectivity index (χ0v) is 13.3. The largest absolute Gasteiger partial charge is 0.374 e. The molecular weight excluding hydrogens is 254 g/mol. The van der Waals surface area contributed by atoms with E-state index in [2.05, 4.69) is 38.2 Å². The van der Waals surface area contributed by atoms with E-state index in [4.69, 9.17) is 4.74 Å². The molecule has 1 saturated heterocycles. The molecule has 2 nitrogen and oxygen atoms in total. The van der Waals surface area contributed by atoms with Gasteiger partial charge in [0.2, 0.25) is 0 Å². The second-order valence-electron chi connectivity index (χ2n) is 5.65. The highest BCUT2D eigenvalue weighted by atomic mass is 32.1. The van der Waals surface area contributed by atoms with Crippen molar-refractivity contribution in [3.8, 4) is 0 Å². The Morgan fingerprint density at radius 1 is 1.32 bits per heavy atom. The van der Waals surface area contributed by atoms with E-state index in [0.29, 0.717) is 6.04 Å². The molecule has 2 atom stereocenters. The molecule has 0 amide bonds. The molecule has 1 N–H and O–H groups in total. The number of rotatable bonds is 6. The lowest BCUT2D eigenvalue weighted by Crippen LogP contribution is -2.53. The van der Waals surface area contributed by atoms with Gasteiger partial charge in [0.05, 0.1) is 5.60 Å². The molecule has 0 aromatic carbocycles. The Morgan fingerprint density at radius 2 is 2.11 bits per heavy atom. The van der Waals surface area contributed by atoms with E-state index >= 15 is 0 Å². The van der Waals surface area contributed by atoms with Crippen molar-refractivity contribution in [2.75, 3.05) is 13.2 Å². The summed E-state index contributed by atoms with van der Waals surface area (Å²) in [6.07, 6.45) is 5.92. The van der Waals surface area contributed by atoms with Crippen LogP contribution in [0.15, 0.2) is 12.1 Å². The van der Waals surface area contributed by atoms with Crippen LogP contribution in [0, 0.1) is 0 Å². The highest BCUT2D eigenvalue weighted by molar-refractivity contribution is 7.11. The minimum Gasteiger partial charge on any atom is -0.374 e. The van der Waals surface area contributed by atoms with Gasteiger partial charge in [0.1, 0.15) is 0 Å². The Bertz CT molecular complexity index is 382. The average molecular weight is 281 g/mol. The summed E-state index contributed by atoms with van der Waals surface area (Å²) in [6, 6.07) is 4.99. The van der Waals surface area contributed by atoms with E-state index in [1.165, 1.54) is 29.0 Å². The van der Waals surface area contributed by atoms with Crippen molar-refractivity contribution < 1.29 is 4.74 Å². The van der Waals surface area contributed by atoms with Crippen LogP contribution < -0.4 is 5.32 Å². The summed E-state index contributed by atoms with van der Waals surface area (Å²) in [7, 11) is 0. The van der Waals surface area contributed by atoms with Crippen LogP contribution in [-0.4, -0.2) is 24.8 Å². The molecule has 3 heteroatoms. The predicted octanol–water partition coefficient (Wildman–Crippen LogP) is 3.79. The van der Waals surface area contributed by atoms with Crippen LogP contribution in [0.5, 0.6) is 0 Å². The van der Waals surface area contributed by atoms with Crippen molar-refractivity contribution in [1.82, 2.24) is 5.32 Å². The highest BCUT2D eigenvalue weighted by Gasteiger charge is 2.36. The second-order valence-corrected chi connectivity index (χ2v) is 6.91. The summed E-state index contributed by atoms with van der Waals surface area (Å²) < 4.78 is 6.13. The average Bonchev–Trinajstić information content (AvgIpc) is 2.87. The number of ether oxygens (including phenoxy) is 1. The van der Waals surface area contributed by atoms with Crippen LogP contribution in [0.2, 0.25) is 0 Å². The molecule has 1 aromatic heterocycles. The van der Waals surface area contributed by atoms with Gasteiger partial charge in [-0.2, -0.15) is 0 Å². The molecule has 108 valence electrons. The van der Waals surface area contributed by atoms with Gasteiger partial charge in [-0.05, 0) is 57.7 Å². The first-order valence-corrected chi connectivity index (χ1v) is 8.44. The maximum Gasteiger partial charge on any atom is 0.0810 e. The first kappa shape index (κ1) is 15.0. The minimum atomic E-state index is 0.00459. The molecule has 0 aliphatic carbocycles. The van der Waals surface area contributed by atoms with Gasteiger partial charge in [0, 0.05) is 22.4 Å². The van der Waals surface area contributed by atoms with Gasteiger partial charge in [0.15, 0.2) is 0 Å². The third kappa shape index (κ3) is 3.80. The molecule has 2 heterocycles. The summed E-state index contributed by atoms with van der Waals surface area (Å²) >= 11 is 1.95. The summed E-state index contributed by atoms with van der Waals surface area (Å²) in [5.74, 6) is 0. The molecule has 1 aromatic rings. The van der Waals surface area contributed by atoms with E-state index in [9.17, 15) is 0 Å². The monoisotopic (exact) mass is 281 g/mol. The lowest BCUT2D eigenvalue weighted by molar-refractivity contribution is -0.0879. The lowest BCUT2D eigenvalue weighted by Gasteiger charge is -2.41. The molecule has 19 heavy (non-hydrogen) atoms. The van der Waals surface area contributed by atoms with Gasteiger partial charge in [-0.15, -0.1) is 11.3 Å². The molecule has 1 fully saturated rings. The number of hydrogen-bond acceptors (Lipinski definition) is 3. The minimum absolute atomic E-state index is 0.00459. The fraction of sp³-hybridized carbons (Fsp3) is 0.750. The van der Waals surface area contributed by atoms with Crippen LogP contribution >= 0.6 is 11.3 Å². The number of thiophene rings is 1. The summed E-state index contributed by atoms with van der Waals surface area (Å²) in [5, 5.41) is 3.65. The standard InChI is InChI=1S/C16H27NOS/c1-4-13-8-9-14(19-13)12-15(17-5-2)16(3)10-6-7-11-18-16/h8-9,15,17H,4-7,10-12H2,1-3H3. The van der Waals surface area contributed by atoms with Gasteiger partial charge < -0.3 is 10.1 Å². The van der Waals surface area contributed by atoms with Gasteiger partial charge in [-0.25, -0.2) is 0 Å². The first-order chi connectivity index (χ1) is 9.18. The third-order valence-corrected chi connectivity index (χ3v) is 5.41. The van der Waals surface area contributed by atoms with Gasteiger partial charge in [-0.1, -0.05) is 13.8 Å². The van der Waals surface area contributed by atoms with Crippen molar-refractivity contribution >= 4 is 11.3 Å². The SMILES string of the molecule is CCNC(Cc1ccc(CC)s1)C1(C)CCCCO1. The van der Waals surface area contributed by atoms with Crippen molar-refractivity contribution in [2.45, 2.75) is 64.5 Å². The third-order valence-electron chi connectivity index (χ3n) is 4.16. The topological polar surface area (TPSA) is 21.3 Å². The van der Waals surface area contributed by atoms with Crippen LogP contribution in [-0.2, 0) is 17.6 Å². The predicted molar refractivity (Wildman–Crippen MR) is 83.1 cm³/mol. The molecule has 0 bridgehead atoms. The first-order valence-electron chi connectivity index (χ1n) is 7.63. The van der Waals surface area contributed by atoms with Gasteiger partial charge in [0.25, 0.3) is 0 Å². The zero-order chi connectivity index (χ0) is 13.7. The fourth-order valence-electron chi connectivity index (χ4n) is 2.90. The molecule has 2 rings (SSSR count). The summed E-state index contributed by atoms with van der Waals surface area (Å²) in [6.45, 7) is 8.63. The fourth-order valence-corrected chi connectivity index (χ4v) is 3.91. The molecule has 1 aliphatic rings. The molecule has 0 radical (unpaired) electrons. The van der Waals surface area contributed by atoms with Crippen molar-refractivity contribution in [2.24, 2.45) is 0 Å². The van der Waals surface area contributed by atoms with E-state index in [-0.39, 0.29) is 5.60 Å². The molecular formula is C16H27NOS. The Hall–Kier alpha value is -0.380. The van der Waals surface area contributed by atoms with Crippen LogP contribution in [0.1, 0.15) is 49.8 Å². The van der Waals surface area contributed by atoms with E-state index in [1.807, 2.05) is 11.3 Å². The lowest BCUT2D eigenvalue weighted by atomic mass is 9.86. The molecule has 0 saturated carbocycles. The van der Waals surface area contributed by atoms with Gasteiger partial charge in [-0.3, -0.25) is 0 Å². The van der Waals surface area contributed by atoms with Crippen LogP contribution in [0.4, 0.5) is 0 Å². The Labute approximate surface area is 121 Å². The highest BCUT2D eigenvalue weighted by Crippen LogP contribution is 2.31. The smallest absolute Gasteiger partial charge is 0.0810 e. The van der Waals surface area contributed by atoms with Crippen LogP contribution in [0.25, 0.3) is 0 Å². The van der Waals surface area contributed by atoms with Crippen molar-refractivity contribution in [3.05, 3.63) is 21.9 Å². The molecule has 0 spiro atoms. The zero-order valence-electron chi connectivity index (χ0n) is 12.5. The normalized spacial score (nSPS) is 25.4. The Balaban J connectivity index is 2.06. The summed E-state index contributed by atoms with van der Waals surface area (Å²) in [4.78, 5) is 2.97. The Kier molecular flexibility index (Phi) is 5.43. The van der Waals surface area contributed by atoms with Gasteiger partial charge >= 0.3 is 0 Å². The van der Waals surface area contributed by atoms with Crippen molar-refractivity contribution in [1.29, 1.82) is 0 Å². The number of aryl methyl sites for hydroxylation is 1. The quantitative estimate of drug-likeness (QED) is 0.856. The number of likely N-dealkylation sites (N-methyl/N-ethyl adjacent to an activating group) is 1. The second kappa shape index (κ2) is 6.87. The maximum atomic E-state index is 6.13. The summed E-state index contributed by atoms with van der Waals surface area (Å²) in [5.41, 5.74) is 0.00459. The number of hydrogen-bond donors (Lipinski definition) is 1. The van der Waals surface area contributed by atoms with Crippen molar-refractivity contribution in [3.63, 3.8) is 0 Å². The number of nitrogens with one attached hydrogen (secondary N) is 1.